The van der Waals surface area contributed by atoms with E-state index in [2.05, 4.69) is 10.1 Å². The zero-order valence-electron chi connectivity index (χ0n) is 10.6. The SMILES string of the molecule is N#CCn1nc2c(Sc3cccc(F)c3)nccn2c1=O. The third kappa shape index (κ3) is 2.51. The van der Waals surface area contributed by atoms with Crippen molar-refractivity contribution >= 4 is 17.4 Å². The highest BCUT2D eigenvalue weighted by molar-refractivity contribution is 7.99. The molecule has 0 amide bonds. The Labute approximate surface area is 122 Å². The Bertz CT molecular complexity index is 911. The molecule has 3 aromatic rings. The first-order valence-corrected chi connectivity index (χ1v) is 6.75. The summed E-state index contributed by atoms with van der Waals surface area (Å²) < 4.78 is 15.6. The fourth-order valence-corrected chi connectivity index (χ4v) is 2.70. The topological polar surface area (TPSA) is 76.0 Å². The second-order valence-corrected chi connectivity index (χ2v) is 5.15. The first-order valence-electron chi connectivity index (χ1n) is 5.93. The minimum atomic E-state index is -0.407. The van der Waals surface area contributed by atoms with Crippen molar-refractivity contribution in [3.63, 3.8) is 0 Å². The largest absolute Gasteiger partial charge is 0.351 e. The number of hydrogen-bond acceptors (Lipinski definition) is 5. The van der Waals surface area contributed by atoms with Gasteiger partial charge in [0.1, 0.15) is 17.4 Å². The minimum absolute atomic E-state index is 0.134. The van der Waals surface area contributed by atoms with Crippen LogP contribution < -0.4 is 5.69 Å². The Morgan fingerprint density at radius 2 is 2.29 bits per heavy atom. The van der Waals surface area contributed by atoms with Crippen LogP contribution in [0.4, 0.5) is 4.39 Å². The highest BCUT2D eigenvalue weighted by Crippen LogP contribution is 2.28. The van der Waals surface area contributed by atoms with Gasteiger partial charge in [0.05, 0.1) is 6.07 Å². The molecule has 0 saturated heterocycles. The molecule has 0 unspecified atom stereocenters. The van der Waals surface area contributed by atoms with Crippen molar-refractivity contribution in [1.82, 2.24) is 19.2 Å². The van der Waals surface area contributed by atoms with Gasteiger partial charge in [0.2, 0.25) is 0 Å². The molecule has 0 N–H and O–H groups in total. The van der Waals surface area contributed by atoms with Crippen molar-refractivity contribution in [2.75, 3.05) is 0 Å². The first kappa shape index (κ1) is 13.3. The Morgan fingerprint density at radius 3 is 3.05 bits per heavy atom. The van der Waals surface area contributed by atoms with Crippen molar-refractivity contribution in [3.05, 3.63) is 53.0 Å². The summed E-state index contributed by atoms with van der Waals surface area (Å²) in [5, 5.41) is 13.2. The quantitative estimate of drug-likeness (QED) is 0.736. The number of fused-ring (bicyclic) bond motifs is 1. The van der Waals surface area contributed by atoms with E-state index in [1.54, 1.807) is 12.1 Å². The number of nitriles is 1. The average Bonchev–Trinajstić information content (AvgIpc) is 2.78. The normalized spacial score (nSPS) is 10.7. The Balaban J connectivity index is 2.09. The smallest absolute Gasteiger partial charge is 0.246 e. The Hall–Kier alpha value is -2.66. The van der Waals surface area contributed by atoms with Gasteiger partial charge in [0, 0.05) is 17.3 Å². The van der Waals surface area contributed by atoms with E-state index in [9.17, 15) is 9.18 Å². The van der Waals surface area contributed by atoms with Crippen LogP contribution in [0.3, 0.4) is 0 Å². The fraction of sp³-hybridized carbons (Fsp3) is 0.0769. The summed E-state index contributed by atoms with van der Waals surface area (Å²) in [5.74, 6) is -0.348. The maximum Gasteiger partial charge on any atom is 0.351 e. The van der Waals surface area contributed by atoms with E-state index in [4.69, 9.17) is 5.26 Å². The average molecular weight is 301 g/mol. The summed E-state index contributed by atoms with van der Waals surface area (Å²) in [7, 11) is 0. The highest BCUT2D eigenvalue weighted by Gasteiger charge is 2.12. The van der Waals surface area contributed by atoms with Gasteiger partial charge in [-0.05, 0) is 18.2 Å². The van der Waals surface area contributed by atoms with Gasteiger partial charge in [-0.15, -0.1) is 5.10 Å². The lowest BCUT2D eigenvalue weighted by Crippen LogP contribution is -2.20. The molecule has 104 valence electrons. The van der Waals surface area contributed by atoms with E-state index in [-0.39, 0.29) is 12.4 Å². The van der Waals surface area contributed by atoms with Crippen LogP contribution >= 0.6 is 11.8 Å². The molecule has 0 aliphatic carbocycles. The predicted molar refractivity (Wildman–Crippen MR) is 73.4 cm³/mol. The van der Waals surface area contributed by atoms with Crippen LogP contribution in [0.1, 0.15) is 0 Å². The van der Waals surface area contributed by atoms with Crippen LogP contribution in [-0.2, 0) is 6.54 Å². The first-order chi connectivity index (χ1) is 10.2. The van der Waals surface area contributed by atoms with Gasteiger partial charge < -0.3 is 0 Å². The second kappa shape index (κ2) is 5.38. The number of benzene rings is 1. The van der Waals surface area contributed by atoms with Crippen LogP contribution in [-0.4, -0.2) is 19.2 Å². The van der Waals surface area contributed by atoms with E-state index < -0.39 is 5.69 Å². The zero-order chi connectivity index (χ0) is 14.8. The van der Waals surface area contributed by atoms with Gasteiger partial charge in [-0.3, -0.25) is 0 Å². The van der Waals surface area contributed by atoms with Gasteiger partial charge in [0.15, 0.2) is 5.65 Å². The summed E-state index contributed by atoms with van der Waals surface area (Å²) >= 11 is 1.20. The van der Waals surface area contributed by atoms with Crippen molar-refractivity contribution in [2.45, 2.75) is 16.5 Å². The summed E-state index contributed by atoms with van der Waals surface area (Å²) in [6.07, 6.45) is 2.95. The molecule has 6 nitrogen and oxygen atoms in total. The standard InChI is InChI=1S/C13H8FN5OS/c14-9-2-1-3-10(8-9)21-12-11-17-19(6-4-15)13(20)18(11)7-5-16-12/h1-3,5,7-8H,6H2. The molecule has 21 heavy (non-hydrogen) atoms. The summed E-state index contributed by atoms with van der Waals surface area (Å²) in [6, 6.07) is 7.93. The molecule has 8 heteroatoms. The van der Waals surface area contributed by atoms with Crippen molar-refractivity contribution < 1.29 is 4.39 Å². The third-order valence-electron chi connectivity index (χ3n) is 2.70. The predicted octanol–water partition coefficient (Wildman–Crippen LogP) is 1.70. The summed E-state index contributed by atoms with van der Waals surface area (Å²) in [4.78, 5) is 16.8. The zero-order valence-corrected chi connectivity index (χ0v) is 11.4. The van der Waals surface area contributed by atoms with Crippen molar-refractivity contribution in [2.24, 2.45) is 0 Å². The second-order valence-electron chi connectivity index (χ2n) is 4.08. The van der Waals surface area contributed by atoms with Crippen LogP contribution in [0.15, 0.2) is 51.4 Å². The molecule has 1 aromatic carbocycles. The molecule has 0 aliphatic rings. The maximum absolute atomic E-state index is 13.2. The van der Waals surface area contributed by atoms with Gasteiger partial charge in [-0.2, -0.15) is 9.94 Å². The molecule has 0 saturated carbocycles. The summed E-state index contributed by atoms with van der Waals surface area (Å²) in [5.41, 5.74) is -0.0675. The van der Waals surface area contributed by atoms with E-state index in [1.165, 1.54) is 40.7 Å². The molecular weight excluding hydrogens is 293 g/mol. The molecule has 0 spiro atoms. The molecular formula is C13H8FN5OS. The van der Waals surface area contributed by atoms with Gasteiger partial charge in [0.25, 0.3) is 0 Å². The lowest BCUT2D eigenvalue weighted by Gasteiger charge is -2.01. The van der Waals surface area contributed by atoms with E-state index in [0.29, 0.717) is 15.6 Å². The number of aromatic nitrogens is 4. The van der Waals surface area contributed by atoms with Crippen molar-refractivity contribution in [1.29, 1.82) is 5.26 Å². The Kier molecular flexibility index (Phi) is 3.41. The van der Waals surface area contributed by atoms with Crippen LogP contribution in [0.2, 0.25) is 0 Å². The van der Waals surface area contributed by atoms with Gasteiger partial charge in [-0.1, -0.05) is 17.8 Å². The highest BCUT2D eigenvalue weighted by atomic mass is 32.2. The minimum Gasteiger partial charge on any atom is -0.246 e. The summed E-state index contributed by atoms with van der Waals surface area (Å²) in [6.45, 7) is -0.134. The van der Waals surface area contributed by atoms with E-state index in [0.717, 1.165) is 4.68 Å². The van der Waals surface area contributed by atoms with Gasteiger partial charge in [-0.25, -0.2) is 18.6 Å². The molecule has 0 radical (unpaired) electrons. The molecule has 0 fully saturated rings. The number of hydrogen-bond donors (Lipinski definition) is 0. The number of halogens is 1. The third-order valence-corrected chi connectivity index (χ3v) is 3.67. The molecule has 2 aromatic heterocycles. The molecule has 0 atom stereocenters. The molecule has 2 heterocycles. The molecule has 0 aliphatic heterocycles. The Morgan fingerprint density at radius 1 is 1.43 bits per heavy atom. The lowest BCUT2D eigenvalue weighted by molar-refractivity contribution is 0.624. The van der Waals surface area contributed by atoms with E-state index >= 15 is 0 Å². The van der Waals surface area contributed by atoms with E-state index in [1.807, 2.05) is 6.07 Å². The van der Waals surface area contributed by atoms with Crippen LogP contribution in [0.5, 0.6) is 0 Å². The van der Waals surface area contributed by atoms with Crippen molar-refractivity contribution in [3.8, 4) is 6.07 Å². The lowest BCUT2D eigenvalue weighted by atomic mass is 10.4. The molecule has 3 rings (SSSR count). The van der Waals surface area contributed by atoms with Crippen LogP contribution in [0.25, 0.3) is 5.65 Å². The monoisotopic (exact) mass is 301 g/mol. The molecule has 0 bridgehead atoms. The maximum atomic E-state index is 13.2. The fourth-order valence-electron chi connectivity index (χ4n) is 1.81. The van der Waals surface area contributed by atoms with Gasteiger partial charge >= 0.3 is 5.69 Å². The number of nitrogens with zero attached hydrogens (tertiary/aromatic N) is 5. The number of rotatable bonds is 3. The van der Waals surface area contributed by atoms with Crippen LogP contribution in [0, 0.1) is 17.1 Å².